The molecule has 1 fully saturated rings. The van der Waals surface area contributed by atoms with Gasteiger partial charge in [0.25, 0.3) is 5.78 Å². The van der Waals surface area contributed by atoms with E-state index in [9.17, 15) is 14.7 Å². The van der Waals surface area contributed by atoms with E-state index >= 15 is 0 Å². The van der Waals surface area contributed by atoms with Gasteiger partial charge in [-0.1, -0.05) is 93.6 Å². The van der Waals surface area contributed by atoms with E-state index in [2.05, 4.69) is 55.4 Å². The molecule has 0 aliphatic carbocycles. The maximum Gasteiger partial charge on any atom is 0.301 e. The third-order valence-electron chi connectivity index (χ3n) is 6.40. The van der Waals surface area contributed by atoms with Crippen LogP contribution in [-0.2, 0) is 15.3 Å². The quantitative estimate of drug-likeness (QED) is 0.0741. The number of hydrogen-bond donors (Lipinski definition) is 1. The Morgan fingerprint density at radius 3 is 2.56 bits per heavy atom. The molecule has 1 saturated heterocycles. The number of aromatic nitrogens is 3. The van der Waals surface area contributed by atoms with E-state index in [0.29, 0.717) is 21.2 Å². The Hall–Kier alpha value is -3.86. The Bertz CT molecular complexity index is 1750. The van der Waals surface area contributed by atoms with Gasteiger partial charge in [-0.25, -0.2) is 0 Å². The van der Waals surface area contributed by atoms with Crippen LogP contribution < -0.4 is 4.90 Å². The van der Waals surface area contributed by atoms with Crippen LogP contribution in [0.2, 0.25) is 0 Å². The first-order valence-electron chi connectivity index (χ1n) is 11.9. The van der Waals surface area contributed by atoms with E-state index in [1.807, 2.05) is 42.5 Å². The van der Waals surface area contributed by atoms with Crippen LogP contribution in [0.25, 0.3) is 16.5 Å². The molecular formula is C29H19BrN4O3S2. The summed E-state index contributed by atoms with van der Waals surface area (Å²) in [6.07, 6.45) is 3.03. The standard InChI is InChI=1S/C29H19BrN4O3S2/c30-21-9-4-7-19(15-21)24-23(25(35)18-11-13-31-14-12-18)26(36)27(37)34(24)28-32-33-29(39-28)38-16-20-8-3-6-17-5-1-2-10-22(17)20/h1-15,24,35H,16H2/b25-23+. The number of Topliss-reactive ketones (excluding diaryl/α,β-unsaturated/α-hetero) is 1. The second-order valence-corrected chi connectivity index (χ2v) is 11.8. The number of thioether (sulfide) groups is 1. The monoisotopic (exact) mass is 614 g/mol. The maximum absolute atomic E-state index is 13.4. The average molecular weight is 616 g/mol. The van der Waals surface area contributed by atoms with Crippen LogP contribution in [0.5, 0.6) is 0 Å². The molecule has 6 rings (SSSR count). The number of nitrogens with zero attached hydrogens (tertiary/aromatic N) is 4. The summed E-state index contributed by atoms with van der Waals surface area (Å²) in [6.45, 7) is 0. The summed E-state index contributed by atoms with van der Waals surface area (Å²) in [7, 11) is 0. The number of ketones is 1. The number of carbonyl (C=O) groups is 2. The number of anilines is 1. The first-order valence-corrected chi connectivity index (χ1v) is 14.5. The molecule has 1 unspecified atom stereocenters. The van der Waals surface area contributed by atoms with Gasteiger partial charge in [-0.2, -0.15) is 0 Å². The van der Waals surface area contributed by atoms with Gasteiger partial charge >= 0.3 is 5.91 Å². The summed E-state index contributed by atoms with van der Waals surface area (Å²) in [5.41, 5.74) is 2.21. The van der Waals surface area contributed by atoms with Crippen LogP contribution in [0.15, 0.2) is 106 Å². The molecule has 0 saturated carbocycles. The first kappa shape index (κ1) is 25.4. The summed E-state index contributed by atoms with van der Waals surface area (Å²) in [4.78, 5) is 32.0. The second-order valence-electron chi connectivity index (χ2n) is 8.74. The zero-order chi connectivity index (χ0) is 26.9. The smallest absolute Gasteiger partial charge is 0.301 e. The SMILES string of the molecule is O=C1C(=O)N(c2nnc(SCc3cccc4ccccc34)s2)C(c2cccc(Br)c2)/C1=C(\O)c1ccncc1. The Labute approximate surface area is 240 Å². The highest BCUT2D eigenvalue weighted by atomic mass is 79.9. The van der Waals surface area contributed by atoms with Crippen molar-refractivity contribution in [2.45, 2.75) is 16.1 Å². The Morgan fingerprint density at radius 2 is 1.74 bits per heavy atom. The Balaban J connectivity index is 1.37. The van der Waals surface area contributed by atoms with Gasteiger partial charge in [-0.3, -0.25) is 19.5 Å². The highest BCUT2D eigenvalue weighted by molar-refractivity contribution is 9.10. The number of hydrogen-bond acceptors (Lipinski definition) is 8. The summed E-state index contributed by atoms with van der Waals surface area (Å²) >= 11 is 6.24. The van der Waals surface area contributed by atoms with Crippen molar-refractivity contribution in [1.29, 1.82) is 0 Å². The normalized spacial score (nSPS) is 16.7. The van der Waals surface area contributed by atoms with Crippen LogP contribution in [0, 0.1) is 0 Å². The molecular weight excluding hydrogens is 596 g/mol. The lowest BCUT2D eigenvalue weighted by Gasteiger charge is -2.22. The number of aliphatic hydroxyl groups excluding tert-OH is 1. The molecule has 1 aliphatic rings. The molecule has 10 heteroatoms. The molecule has 1 N–H and O–H groups in total. The van der Waals surface area contributed by atoms with Crippen molar-refractivity contribution >= 4 is 72.4 Å². The Morgan fingerprint density at radius 1 is 0.974 bits per heavy atom. The second kappa shape index (κ2) is 10.7. The summed E-state index contributed by atoms with van der Waals surface area (Å²) in [5, 5.41) is 22.4. The third kappa shape index (κ3) is 4.87. The number of aliphatic hydroxyl groups is 1. The predicted octanol–water partition coefficient (Wildman–Crippen LogP) is 6.77. The minimum atomic E-state index is -0.875. The molecule has 1 atom stereocenters. The van der Waals surface area contributed by atoms with E-state index in [4.69, 9.17) is 0 Å². The van der Waals surface area contributed by atoms with Gasteiger partial charge < -0.3 is 5.11 Å². The van der Waals surface area contributed by atoms with Gasteiger partial charge in [-0.15, -0.1) is 10.2 Å². The van der Waals surface area contributed by atoms with Gasteiger partial charge in [0.2, 0.25) is 5.13 Å². The molecule has 0 radical (unpaired) electrons. The minimum absolute atomic E-state index is 0.00976. The lowest BCUT2D eigenvalue weighted by atomic mass is 9.96. The van der Waals surface area contributed by atoms with Crippen molar-refractivity contribution in [2.75, 3.05) is 4.90 Å². The van der Waals surface area contributed by atoms with Crippen molar-refractivity contribution in [3.63, 3.8) is 0 Å². The molecule has 192 valence electrons. The summed E-state index contributed by atoms with van der Waals surface area (Å²) in [5.74, 6) is -1.14. The number of pyridine rings is 1. The van der Waals surface area contributed by atoms with E-state index in [1.54, 1.807) is 12.1 Å². The number of rotatable bonds is 6. The van der Waals surface area contributed by atoms with Gasteiger partial charge in [-0.05, 0) is 46.2 Å². The molecule has 1 aliphatic heterocycles. The van der Waals surface area contributed by atoms with Crippen molar-refractivity contribution in [3.05, 3.63) is 118 Å². The van der Waals surface area contributed by atoms with Crippen LogP contribution >= 0.6 is 39.0 Å². The average Bonchev–Trinajstić information content (AvgIpc) is 3.54. The maximum atomic E-state index is 13.4. The molecule has 1 amide bonds. The molecule has 3 heterocycles. The molecule has 0 bridgehead atoms. The topological polar surface area (TPSA) is 96.3 Å². The molecule has 5 aromatic rings. The molecule has 39 heavy (non-hydrogen) atoms. The Kier molecular flexibility index (Phi) is 6.99. The van der Waals surface area contributed by atoms with Crippen molar-refractivity contribution in [2.24, 2.45) is 0 Å². The molecule has 2 aromatic heterocycles. The number of carbonyl (C=O) groups excluding carboxylic acids is 2. The number of fused-ring (bicyclic) bond motifs is 1. The summed E-state index contributed by atoms with van der Waals surface area (Å²) < 4.78 is 1.44. The van der Waals surface area contributed by atoms with Crippen LogP contribution in [0.3, 0.4) is 0 Å². The largest absolute Gasteiger partial charge is 0.507 e. The molecule has 0 spiro atoms. The molecule has 7 nitrogen and oxygen atoms in total. The lowest BCUT2D eigenvalue weighted by molar-refractivity contribution is -0.132. The van der Waals surface area contributed by atoms with E-state index in [0.717, 1.165) is 4.47 Å². The number of amides is 1. The lowest BCUT2D eigenvalue weighted by Crippen LogP contribution is -2.29. The van der Waals surface area contributed by atoms with Crippen molar-refractivity contribution in [1.82, 2.24) is 15.2 Å². The van der Waals surface area contributed by atoms with Crippen molar-refractivity contribution < 1.29 is 14.7 Å². The number of benzene rings is 3. The van der Waals surface area contributed by atoms with Crippen LogP contribution in [0.1, 0.15) is 22.7 Å². The van der Waals surface area contributed by atoms with Gasteiger partial charge in [0.05, 0.1) is 11.6 Å². The van der Waals surface area contributed by atoms with Crippen molar-refractivity contribution in [3.8, 4) is 0 Å². The van der Waals surface area contributed by atoms with Gasteiger partial charge in [0, 0.05) is 28.2 Å². The predicted molar refractivity (Wildman–Crippen MR) is 157 cm³/mol. The summed E-state index contributed by atoms with van der Waals surface area (Å²) in [6, 6.07) is 24.0. The van der Waals surface area contributed by atoms with Gasteiger partial charge in [0.15, 0.2) is 4.34 Å². The van der Waals surface area contributed by atoms with E-state index in [-0.39, 0.29) is 16.5 Å². The fourth-order valence-corrected chi connectivity index (χ4v) is 6.89. The zero-order valence-corrected chi connectivity index (χ0v) is 23.4. The van der Waals surface area contributed by atoms with Gasteiger partial charge in [0.1, 0.15) is 5.76 Å². The third-order valence-corrected chi connectivity index (χ3v) is 8.99. The minimum Gasteiger partial charge on any atom is -0.507 e. The zero-order valence-electron chi connectivity index (χ0n) is 20.2. The molecule has 3 aromatic carbocycles. The highest BCUT2D eigenvalue weighted by Gasteiger charge is 2.48. The van der Waals surface area contributed by atoms with Crippen LogP contribution in [0.4, 0.5) is 5.13 Å². The highest BCUT2D eigenvalue weighted by Crippen LogP contribution is 2.44. The first-order chi connectivity index (χ1) is 19.0. The van der Waals surface area contributed by atoms with E-state index in [1.165, 1.54) is 56.7 Å². The van der Waals surface area contributed by atoms with Crippen LogP contribution in [-0.4, -0.2) is 32.0 Å². The fourth-order valence-electron chi connectivity index (χ4n) is 4.60. The number of halogens is 1. The van der Waals surface area contributed by atoms with E-state index < -0.39 is 17.7 Å². The fraction of sp³-hybridized carbons (Fsp3) is 0.0690.